The van der Waals surface area contributed by atoms with Gasteiger partial charge in [0.15, 0.2) is 5.82 Å². The molecule has 4 rings (SSSR count). The summed E-state index contributed by atoms with van der Waals surface area (Å²) >= 11 is 0. The van der Waals surface area contributed by atoms with Gasteiger partial charge in [-0.3, -0.25) is 0 Å². The Morgan fingerprint density at radius 1 is 1.12 bits per heavy atom. The third kappa shape index (κ3) is 6.33. The molecule has 3 aromatic rings. The topological polar surface area (TPSA) is 88.5 Å². The maximum Gasteiger partial charge on any atom is 0.162 e. The summed E-state index contributed by atoms with van der Waals surface area (Å²) in [5.74, 6) is 4.68. The molecular weight excluding hydrogens is 428 g/mol. The van der Waals surface area contributed by atoms with Crippen molar-refractivity contribution in [2.45, 2.75) is 25.0 Å². The highest BCUT2D eigenvalue weighted by Crippen LogP contribution is 2.28. The predicted molar refractivity (Wildman–Crippen MR) is 134 cm³/mol. The monoisotopic (exact) mass is 458 g/mol. The summed E-state index contributed by atoms with van der Waals surface area (Å²) in [5, 5.41) is 16.4. The fraction of sp³-hybridized carbons (Fsp3) is 0.333. The van der Waals surface area contributed by atoms with E-state index in [0.29, 0.717) is 24.2 Å². The van der Waals surface area contributed by atoms with E-state index in [4.69, 9.17) is 25.9 Å². The number of rotatable bonds is 9. The van der Waals surface area contributed by atoms with Gasteiger partial charge < -0.3 is 25.2 Å². The number of anilines is 1. The first kappa shape index (κ1) is 23.7. The maximum absolute atomic E-state index is 9.95. The summed E-state index contributed by atoms with van der Waals surface area (Å²) < 4.78 is 11.3. The van der Waals surface area contributed by atoms with E-state index >= 15 is 0 Å². The Kier molecular flexibility index (Phi) is 8.10. The van der Waals surface area contributed by atoms with Crippen molar-refractivity contribution in [1.29, 1.82) is 0 Å². The molecule has 1 aromatic heterocycles. The Hall–Kier alpha value is -3.44. The van der Waals surface area contributed by atoms with Gasteiger partial charge in [-0.1, -0.05) is 30.2 Å². The fourth-order valence-corrected chi connectivity index (χ4v) is 3.83. The number of aliphatic hydroxyl groups excluding tert-OH is 1. The van der Waals surface area contributed by atoms with E-state index in [9.17, 15) is 5.11 Å². The van der Waals surface area contributed by atoms with Gasteiger partial charge in [0.1, 0.15) is 24.3 Å². The van der Waals surface area contributed by atoms with Gasteiger partial charge in [0.25, 0.3) is 0 Å². The second-order valence-corrected chi connectivity index (χ2v) is 8.27. The Bertz CT molecular complexity index is 1140. The van der Waals surface area contributed by atoms with Gasteiger partial charge in [0, 0.05) is 48.6 Å². The smallest absolute Gasteiger partial charge is 0.162 e. The Morgan fingerprint density at radius 3 is 2.71 bits per heavy atom. The standard InChI is InChI=1S/C27H30N4O3/c1-3-19-6-4-7-20(14-19)25-16-26(29-22-10-12-33-13-11-22)31-27(30-25)21-8-5-9-24(15-21)34-18-23(32)17-28-2/h1,4-9,14-16,22-23,28,32H,10-13,17-18H2,2H3,(H,29,30,31). The molecule has 0 spiro atoms. The van der Waals surface area contributed by atoms with Crippen LogP contribution in [0.4, 0.5) is 5.82 Å². The fourth-order valence-electron chi connectivity index (χ4n) is 3.83. The highest BCUT2D eigenvalue weighted by Gasteiger charge is 2.16. The average molecular weight is 459 g/mol. The molecule has 0 radical (unpaired) electrons. The van der Waals surface area contributed by atoms with Crippen LogP contribution in [0.1, 0.15) is 18.4 Å². The average Bonchev–Trinajstić information content (AvgIpc) is 2.88. The minimum Gasteiger partial charge on any atom is -0.491 e. The summed E-state index contributed by atoms with van der Waals surface area (Å²) in [4.78, 5) is 9.66. The molecule has 176 valence electrons. The van der Waals surface area contributed by atoms with Crippen LogP contribution in [0.25, 0.3) is 22.6 Å². The SMILES string of the molecule is C#Cc1cccc(-c2cc(NC3CCOCC3)nc(-c3cccc(OCC(O)CNC)c3)n2)c1. The number of aromatic nitrogens is 2. The van der Waals surface area contributed by atoms with Crippen LogP contribution in [0, 0.1) is 12.3 Å². The van der Waals surface area contributed by atoms with Crippen LogP contribution in [-0.4, -0.2) is 60.6 Å². The van der Waals surface area contributed by atoms with Gasteiger partial charge in [0.2, 0.25) is 0 Å². The zero-order valence-corrected chi connectivity index (χ0v) is 19.3. The highest BCUT2D eigenvalue weighted by molar-refractivity contribution is 5.69. The van der Waals surface area contributed by atoms with Crippen LogP contribution in [-0.2, 0) is 4.74 Å². The number of ether oxygens (including phenoxy) is 2. The molecule has 0 aliphatic carbocycles. The van der Waals surface area contributed by atoms with Crippen LogP contribution in [0.2, 0.25) is 0 Å². The summed E-state index contributed by atoms with van der Waals surface area (Å²) in [6.45, 7) is 2.14. The lowest BCUT2D eigenvalue weighted by Gasteiger charge is -2.24. The first-order valence-electron chi connectivity index (χ1n) is 11.5. The molecule has 0 bridgehead atoms. The maximum atomic E-state index is 9.95. The second-order valence-electron chi connectivity index (χ2n) is 8.27. The predicted octanol–water partition coefficient (Wildman–Crippen LogP) is 3.34. The van der Waals surface area contributed by atoms with E-state index in [0.717, 1.165) is 54.3 Å². The summed E-state index contributed by atoms with van der Waals surface area (Å²) in [6, 6.07) is 17.6. The van der Waals surface area contributed by atoms with Crippen LogP contribution in [0.5, 0.6) is 5.75 Å². The van der Waals surface area contributed by atoms with E-state index in [-0.39, 0.29) is 6.61 Å². The molecule has 1 aliphatic heterocycles. The van der Waals surface area contributed by atoms with Crippen molar-refractivity contribution < 1.29 is 14.6 Å². The van der Waals surface area contributed by atoms with Gasteiger partial charge in [-0.25, -0.2) is 9.97 Å². The van der Waals surface area contributed by atoms with Gasteiger partial charge in [0.05, 0.1) is 5.69 Å². The Morgan fingerprint density at radius 2 is 1.91 bits per heavy atom. The van der Waals surface area contributed by atoms with Crippen molar-refractivity contribution in [2.75, 3.05) is 38.7 Å². The van der Waals surface area contributed by atoms with Gasteiger partial charge in [-0.05, 0) is 44.2 Å². The third-order valence-electron chi connectivity index (χ3n) is 5.60. The summed E-state index contributed by atoms with van der Waals surface area (Å²) in [7, 11) is 1.79. The number of hydrogen-bond donors (Lipinski definition) is 3. The van der Waals surface area contributed by atoms with E-state index in [1.807, 2.05) is 54.6 Å². The quantitative estimate of drug-likeness (QED) is 0.424. The van der Waals surface area contributed by atoms with Crippen molar-refractivity contribution >= 4 is 5.82 Å². The zero-order chi connectivity index (χ0) is 23.8. The minimum atomic E-state index is -0.591. The van der Waals surface area contributed by atoms with Crippen LogP contribution < -0.4 is 15.4 Å². The number of aliphatic hydroxyl groups is 1. The van der Waals surface area contributed by atoms with Crippen LogP contribution in [0.15, 0.2) is 54.6 Å². The van der Waals surface area contributed by atoms with Gasteiger partial charge in [-0.15, -0.1) is 6.42 Å². The molecule has 2 heterocycles. The molecule has 7 nitrogen and oxygen atoms in total. The second kappa shape index (κ2) is 11.6. The first-order valence-corrected chi connectivity index (χ1v) is 11.5. The van der Waals surface area contributed by atoms with E-state index in [1.54, 1.807) is 7.05 Å². The Labute approximate surface area is 200 Å². The van der Waals surface area contributed by atoms with E-state index in [2.05, 4.69) is 16.6 Å². The first-order chi connectivity index (χ1) is 16.6. The lowest BCUT2D eigenvalue weighted by Crippen LogP contribution is -2.29. The zero-order valence-electron chi connectivity index (χ0n) is 19.3. The number of terminal acetylenes is 1. The molecule has 3 N–H and O–H groups in total. The summed E-state index contributed by atoms with van der Waals surface area (Å²) in [6.07, 6.45) is 6.88. The molecule has 2 aromatic carbocycles. The van der Waals surface area contributed by atoms with Gasteiger partial charge >= 0.3 is 0 Å². The molecule has 34 heavy (non-hydrogen) atoms. The van der Waals surface area contributed by atoms with Gasteiger partial charge in [-0.2, -0.15) is 0 Å². The molecule has 0 amide bonds. The number of benzene rings is 2. The van der Waals surface area contributed by atoms with E-state index < -0.39 is 6.10 Å². The van der Waals surface area contributed by atoms with Crippen molar-refractivity contribution in [2.24, 2.45) is 0 Å². The van der Waals surface area contributed by atoms with Crippen LogP contribution >= 0.6 is 0 Å². The third-order valence-corrected chi connectivity index (χ3v) is 5.60. The molecule has 1 atom stereocenters. The molecular formula is C27H30N4O3. The summed E-state index contributed by atoms with van der Waals surface area (Å²) in [5.41, 5.74) is 3.34. The normalized spacial score (nSPS) is 14.9. The number of nitrogens with one attached hydrogen (secondary N) is 2. The van der Waals surface area contributed by atoms with Crippen molar-refractivity contribution in [3.8, 4) is 40.7 Å². The molecule has 1 unspecified atom stereocenters. The van der Waals surface area contributed by atoms with Crippen molar-refractivity contribution in [1.82, 2.24) is 15.3 Å². The number of hydrogen-bond acceptors (Lipinski definition) is 7. The lowest BCUT2D eigenvalue weighted by atomic mass is 10.1. The lowest BCUT2D eigenvalue weighted by molar-refractivity contribution is 0.0904. The van der Waals surface area contributed by atoms with Crippen molar-refractivity contribution in [3.63, 3.8) is 0 Å². The number of likely N-dealkylation sites (N-methyl/N-ethyl adjacent to an activating group) is 1. The van der Waals surface area contributed by atoms with Crippen molar-refractivity contribution in [3.05, 3.63) is 60.2 Å². The Balaban J connectivity index is 1.66. The minimum absolute atomic E-state index is 0.195. The molecule has 0 saturated carbocycles. The molecule has 7 heteroatoms. The largest absolute Gasteiger partial charge is 0.491 e. The molecule has 1 aliphatic rings. The highest BCUT2D eigenvalue weighted by atomic mass is 16.5. The molecule has 1 saturated heterocycles. The van der Waals surface area contributed by atoms with Crippen LogP contribution in [0.3, 0.4) is 0 Å². The number of nitrogens with zero attached hydrogens (tertiary/aromatic N) is 2. The van der Waals surface area contributed by atoms with E-state index in [1.165, 1.54) is 0 Å². The molecule has 1 fully saturated rings.